The van der Waals surface area contributed by atoms with E-state index >= 15 is 0 Å². The van der Waals surface area contributed by atoms with Crippen molar-refractivity contribution >= 4 is 39.4 Å². The number of anilines is 2. The van der Waals surface area contributed by atoms with Gasteiger partial charge in [0.15, 0.2) is 5.69 Å². The van der Waals surface area contributed by atoms with E-state index in [-0.39, 0.29) is 11.5 Å². The number of carbonyl (C=O) groups excluding carboxylic acids is 1. The van der Waals surface area contributed by atoms with Crippen LogP contribution in [-0.4, -0.2) is 29.6 Å². The predicted molar refractivity (Wildman–Crippen MR) is 114 cm³/mol. The van der Waals surface area contributed by atoms with Gasteiger partial charge < -0.3 is 15.4 Å². The third kappa shape index (κ3) is 4.72. The SMILES string of the molecule is CCCCn1c(N)c(N(C)C(=O)/C=C/c2cc(Br)ccc2OC)c(=O)[nH]c1=O. The highest BCUT2D eigenvalue weighted by molar-refractivity contribution is 9.10. The van der Waals surface area contributed by atoms with Gasteiger partial charge in [0.05, 0.1) is 7.11 Å². The minimum Gasteiger partial charge on any atom is -0.496 e. The Labute approximate surface area is 170 Å². The fourth-order valence-electron chi connectivity index (χ4n) is 2.66. The van der Waals surface area contributed by atoms with Crippen LogP contribution < -0.4 is 26.6 Å². The van der Waals surface area contributed by atoms with Crippen LogP contribution in [0.1, 0.15) is 25.3 Å². The first-order valence-corrected chi connectivity index (χ1v) is 9.51. The first-order valence-electron chi connectivity index (χ1n) is 8.72. The Bertz CT molecular complexity index is 1010. The van der Waals surface area contributed by atoms with Crippen molar-refractivity contribution < 1.29 is 9.53 Å². The zero-order chi connectivity index (χ0) is 20.8. The number of nitrogens with two attached hydrogens (primary N) is 1. The van der Waals surface area contributed by atoms with Gasteiger partial charge >= 0.3 is 5.69 Å². The van der Waals surface area contributed by atoms with E-state index in [9.17, 15) is 14.4 Å². The van der Waals surface area contributed by atoms with E-state index in [4.69, 9.17) is 10.5 Å². The summed E-state index contributed by atoms with van der Waals surface area (Å²) in [5.74, 6) is 0.0896. The summed E-state index contributed by atoms with van der Waals surface area (Å²) in [4.78, 5) is 40.2. The van der Waals surface area contributed by atoms with Gasteiger partial charge in [0.1, 0.15) is 11.6 Å². The van der Waals surface area contributed by atoms with E-state index in [1.165, 1.54) is 24.8 Å². The molecular formula is C19H23BrN4O4. The number of nitrogens with zero attached hydrogens (tertiary/aromatic N) is 2. The van der Waals surface area contributed by atoms with Gasteiger partial charge in [-0.05, 0) is 30.7 Å². The molecule has 1 heterocycles. The van der Waals surface area contributed by atoms with Crippen molar-refractivity contribution in [3.8, 4) is 5.75 Å². The maximum absolute atomic E-state index is 12.6. The fraction of sp³-hybridized carbons (Fsp3) is 0.316. The summed E-state index contributed by atoms with van der Waals surface area (Å²) in [7, 11) is 2.97. The number of unbranched alkanes of at least 4 members (excludes halogenated alkanes) is 1. The third-order valence-electron chi connectivity index (χ3n) is 4.21. The fourth-order valence-corrected chi connectivity index (χ4v) is 3.04. The number of carbonyl (C=O) groups is 1. The summed E-state index contributed by atoms with van der Waals surface area (Å²) >= 11 is 3.37. The lowest BCUT2D eigenvalue weighted by atomic mass is 10.2. The maximum Gasteiger partial charge on any atom is 0.330 e. The molecular weight excluding hydrogens is 428 g/mol. The van der Waals surface area contributed by atoms with Crippen molar-refractivity contribution in [1.29, 1.82) is 0 Å². The Morgan fingerprint density at radius 2 is 2.11 bits per heavy atom. The third-order valence-corrected chi connectivity index (χ3v) is 4.71. The van der Waals surface area contributed by atoms with E-state index in [1.54, 1.807) is 18.2 Å². The molecule has 0 spiro atoms. The number of hydrogen-bond acceptors (Lipinski definition) is 5. The van der Waals surface area contributed by atoms with Crippen molar-refractivity contribution in [2.45, 2.75) is 26.3 Å². The lowest BCUT2D eigenvalue weighted by molar-refractivity contribution is -0.113. The van der Waals surface area contributed by atoms with E-state index < -0.39 is 17.2 Å². The molecule has 0 aliphatic heterocycles. The highest BCUT2D eigenvalue weighted by Gasteiger charge is 2.19. The Hall–Kier alpha value is -2.81. The van der Waals surface area contributed by atoms with Gasteiger partial charge in [-0.15, -0.1) is 0 Å². The molecule has 1 aromatic heterocycles. The quantitative estimate of drug-likeness (QED) is 0.628. The summed E-state index contributed by atoms with van der Waals surface area (Å²) in [6, 6.07) is 5.39. The van der Waals surface area contributed by atoms with Crippen molar-refractivity contribution in [2.24, 2.45) is 0 Å². The Balaban J connectivity index is 2.37. The number of amides is 1. The minimum atomic E-state index is -0.709. The number of nitrogens with one attached hydrogen (secondary N) is 1. The Kier molecular flexibility index (Phi) is 7.22. The number of nitrogen functional groups attached to an aromatic ring is 1. The number of ether oxygens (including phenoxy) is 1. The molecule has 0 fully saturated rings. The van der Waals surface area contributed by atoms with Gasteiger partial charge in [0.2, 0.25) is 0 Å². The Morgan fingerprint density at radius 1 is 1.39 bits per heavy atom. The van der Waals surface area contributed by atoms with Gasteiger partial charge in [-0.25, -0.2) is 4.79 Å². The van der Waals surface area contributed by atoms with E-state index in [0.717, 1.165) is 22.2 Å². The van der Waals surface area contributed by atoms with Crippen LogP contribution in [0.4, 0.5) is 11.5 Å². The molecule has 1 amide bonds. The number of likely N-dealkylation sites (N-methyl/N-ethyl adjacent to an activating group) is 1. The first-order chi connectivity index (χ1) is 13.3. The smallest absolute Gasteiger partial charge is 0.330 e. The van der Waals surface area contributed by atoms with Crippen LogP contribution in [0.5, 0.6) is 5.75 Å². The van der Waals surface area contributed by atoms with E-state index in [0.29, 0.717) is 17.9 Å². The van der Waals surface area contributed by atoms with Crippen molar-refractivity contribution in [2.75, 3.05) is 24.8 Å². The van der Waals surface area contributed by atoms with Crippen LogP contribution in [0.2, 0.25) is 0 Å². The molecule has 0 aliphatic rings. The molecule has 1 aromatic carbocycles. The summed E-state index contributed by atoms with van der Waals surface area (Å²) in [6.45, 7) is 2.34. The minimum absolute atomic E-state index is 0.0357. The second kappa shape index (κ2) is 9.41. The number of halogens is 1. The van der Waals surface area contributed by atoms with Gasteiger partial charge in [-0.3, -0.25) is 19.1 Å². The predicted octanol–water partition coefficient (Wildman–Crippen LogP) is 2.37. The molecule has 0 saturated carbocycles. The average molecular weight is 451 g/mol. The number of methoxy groups -OCH3 is 1. The van der Waals surface area contributed by atoms with E-state index in [2.05, 4.69) is 20.9 Å². The monoisotopic (exact) mass is 450 g/mol. The number of H-pyrrole nitrogens is 1. The molecule has 150 valence electrons. The van der Waals surface area contributed by atoms with Crippen molar-refractivity contribution in [3.05, 3.63) is 55.1 Å². The highest BCUT2D eigenvalue weighted by atomic mass is 79.9. The number of hydrogen-bond donors (Lipinski definition) is 2. The molecule has 28 heavy (non-hydrogen) atoms. The topological polar surface area (TPSA) is 110 Å². The number of aromatic amines is 1. The summed E-state index contributed by atoms with van der Waals surface area (Å²) < 4.78 is 7.37. The molecule has 9 heteroatoms. The van der Waals surface area contributed by atoms with Gasteiger partial charge in [-0.2, -0.15) is 0 Å². The standard InChI is InChI=1S/C19H23BrN4O4/c1-4-5-10-24-17(21)16(18(26)22-19(24)27)23(2)15(25)9-6-12-11-13(20)7-8-14(12)28-3/h6-9,11H,4-5,10,21H2,1-3H3,(H,22,26,27)/b9-6+. The highest BCUT2D eigenvalue weighted by Crippen LogP contribution is 2.24. The zero-order valence-corrected chi connectivity index (χ0v) is 17.6. The number of aromatic nitrogens is 2. The van der Waals surface area contributed by atoms with Gasteiger partial charge in [0, 0.05) is 29.7 Å². The van der Waals surface area contributed by atoms with Gasteiger partial charge in [0.25, 0.3) is 11.5 Å². The Morgan fingerprint density at radius 3 is 2.75 bits per heavy atom. The molecule has 0 atom stereocenters. The lowest BCUT2D eigenvalue weighted by Gasteiger charge is -2.19. The lowest BCUT2D eigenvalue weighted by Crippen LogP contribution is -2.38. The second-order valence-corrected chi connectivity index (χ2v) is 7.03. The normalized spacial score (nSPS) is 11.0. The summed E-state index contributed by atoms with van der Waals surface area (Å²) in [6.07, 6.45) is 4.47. The van der Waals surface area contributed by atoms with E-state index in [1.807, 2.05) is 13.0 Å². The molecule has 0 saturated heterocycles. The first kappa shape index (κ1) is 21.5. The summed E-state index contributed by atoms with van der Waals surface area (Å²) in [5, 5.41) is 0. The van der Waals surface area contributed by atoms with Crippen LogP contribution in [0.3, 0.4) is 0 Å². The number of benzene rings is 1. The largest absolute Gasteiger partial charge is 0.496 e. The van der Waals surface area contributed by atoms with Crippen LogP contribution in [0.15, 0.2) is 38.3 Å². The maximum atomic E-state index is 12.6. The molecule has 2 rings (SSSR count). The molecule has 2 aromatic rings. The molecule has 8 nitrogen and oxygen atoms in total. The second-order valence-electron chi connectivity index (χ2n) is 6.12. The van der Waals surface area contributed by atoms with Crippen LogP contribution >= 0.6 is 15.9 Å². The molecule has 0 bridgehead atoms. The summed E-state index contributed by atoms with van der Waals surface area (Å²) in [5.41, 5.74) is 5.36. The molecule has 0 unspecified atom stereocenters. The number of rotatable bonds is 7. The van der Waals surface area contributed by atoms with Crippen LogP contribution in [-0.2, 0) is 11.3 Å². The molecule has 0 aliphatic carbocycles. The van der Waals surface area contributed by atoms with Crippen molar-refractivity contribution in [3.63, 3.8) is 0 Å². The zero-order valence-electron chi connectivity index (χ0n) is 16.0. The van der Waals surface area contributed by atoms with Crippen molar-refractivity contribution in [1.82, 2.24) is 9.55 Å². The molecule has 0 radical (unpaired) electrons. The van der Waals surface area contributed by atoms with Crippen LogP contribution in [0.25, 0.3) is 6.08 Å². The van der Waals surface area contributed by atoms with Crippen LogP contribution in [0, 0.1) is 0 Å². The van der Waals surface area contributed by atoms with Gasteiger partial charge in [-0.1, -0.05) is 29.3 Å². The molecule has 3 N–H and O–H groups in total. The average Bonchev–Trinajstić information content (AvgIpc) is 2.65.